The fraction of sp³-hybridized carbons (Fsp3) is 0.500. The molecule has 2 rings (SSSR count). The summed E-state index contributed by atoms with van der Waals surface area (Å²) in [7, 11) is 0.570. The number of hydrogen-bond acceptors (Lipinski definition) is 4. The van der Waals surface area contributed by atoms with E-state index >= 15 is 0 Å². The normalized spacial score (nSPS) is 26.0. The van der Waals surface area contributed by atoms with Crippen LogP contribution in [0.25, 0.3) is 0 Å². The lowest BCUT2D eigenvalue weighted by Crippen LogP contribution is -2.73. The number of halogens is 6. The average Bonchev–Trinajstić information content (AvgIpc) is 2.57. The van der Waals surface area contributed by atoms with E-state index in [9.17, 15) is 41.0 Å². The van der Waals surface area contributed by atoms with Crippen molar-refractivity contribution in [2.45, 2.75) is 31.0 Å². The molecule has 1 aliphatic heterocycles. The molecule has 0 aliphatic carbocycles. The summed E-state index contributed by atoms with van der Waals surface area (Å²) in [6.45, 7) is 0.878. The number of nitrogens with one attached hydrogen (secondary N) is 1. The summed E-state index contributed by atoms with van der Waals surface area (Å²) >= 11 is 0. The van der Waals surface area contributed by atoms with E-state index in [1.165, 1.54) is 6.92 Å². The van der Waals surface area contributed by atoms with Crippen molar-refractivity contribution >= 4 is 12.0 Å². The average molecular weight is 414 g/mol. The molecule has 1 fully saturated rings. The fourth-order valence-electron chi connectivity index (χ4n) is 3.09. The van der Waals surface area contributed by atoms with E-state index in [1.54, 1.807) is 0 Å². The second kappa shape index (κ2) is 7.15. The number of carbonyl (C=O) groups excluding carboxylic acids is 2. The lowest BCUT2D eigenvalue weighted by Gasteiger charge is -2.49. The van der Waals surface area contributed by atoms with Gasteiger partial charge in [0.25, 0.3) is 5.72 Å². The molecule has 2 amide bonds. The predicted molar refractivity (Wildman–Crippen MR) is 81.6 cm³/mol. The second-order valence-corrected chi connectivity index (χ2v) is 6.02. The Hall–Kier alpha value is -2.50. The summed E-state index contributed by atoms with van der Waals surface area (Å²) in [6, 6.07) is -0.145. The van der Waals surface area contributed by atoms with Gasteiger partial charge in [-0.15, -0.1) is 0 Å². The summed E-state index contributed by atoms with van der Waals surface area (Å²) in [6.07, 6.45) is -10.6. The molecule has 0 bridgehead atoms. The highest BCUT2D eigenvalue weighted by Gasteiger charge is 2.70. The van der Waals surface area contributed by atoms with Gasteiger partial charge in [-0.1, -0.05) is 18.2 Å². The molecule has 2 N–H and O–H groups in total. The van der Waals surface area contributed by atoms with Gasteiger partial charge in [0.15, 0.2) is 0 Å². The Balaban J connectivity index is 2.75. The molecule has 0 saturated carbocycles. The highest BCUT2D eigenvalue weighted by molar-refractivity contribution is 5.83. The van der Waals surface area contributed by atoms with Crippen LogP contribution in [0.2, 0.25) is 0 Å². The Kier molecular flexibility index (Phi) is 5.57. The maximum absolute atomic E-state index is 13.7. The van der Waals surface area contributed by atoms with Crippen molar-refractivity contribution in [3.05, 3.63) is 35.4 Å². The molecule has 1 saturated heterocycles. The van der Waals surface area contributed by atoms with Crippen LogP contribution in [-0.4, -0.2) is 47.6 Å². The first kappa shape index (κ1) is 21.8. The number of benzene rings is 1. The van der Waals surface area contributed by atoms with E-state index in [2.05, 4.69) is 4.74 Å². The number of nitrogens with zero attached hydrogens (tertiary/aromatic N) is 1. The molecule has 1 heterocycles. The van der Waals surface area contributed by atoms with Gasteiger partial charge in [0.1, 0.15) is 5.92 Å². The Morgan fingerprint density at radius 3 is 2.32 bits per heavy atom. The van der Waals surface area contributed by atoms with Crippen LogP contribution in [0.15, 0.2) is 24.3 Å². The van der Waals surface area contributed by atoms with Gasteiger partial charge in [-0.3, -0.25) is 9.69 Å². The van der Waals surface area contributed by atoms with Crippen molar-refractivity contribution in [3.63, 3.8) is 0 Å². The van der Waals surface area contributed by atoms with Crippen molar-refractivity contribution in [1.82, 2.24) is 10.2 Å². The number of urea groups is 1. The zero-order valence-corrected chi connectivity index (χ0v) is 14.6. The number of esters is 1. The summed E-state index contributed by atoms with van der Waals surface area (Å²) in [4.78, 5) is 24.2. The lowest BCUT2D eigenvalue weighted by molar-refractivity contribution is -0.328. The van der Waals surface area contributed by atoms with E-state index in [4.69, 9.17) is 0 Å². The fourth-order valence-corrected chi connectivity index (χ4v) is 3.09. The number of amides is 2. The Morgan fingerprint density at radius 1 is 1.25 bits per heavy atom. The minimum atomic E-state index is -5.57. The molecule has 156 valence electrons. The van der Waals surface area contributed by atoms with Gasteiger partial charge in [0, 0.05) is 7.05 Å². The Labute approximate surface area is 155 Å². The first-order chi connectivity index (χ1) is 12.8. The summed E-state index contributed by atoms with van der Waals surface area (Å²) in [5.41, 5.74) is -6.26. The smallest absolute Gasteiger partial charge is 0.437 e. The Bertz CT molecular complexity index is 766. The van der Waals surface area contributed by atoms with Crippen LogP contribution in [0.4, 0.5) is 31.1 Å². The lowest BCUT2D eigenvalue weighted by atomic mass is 9.79. The number of aliphatic hydroxyl groups is 1. The maximum atomic E-state index is 13.7. The van der Waals surface area contributed by atoms with Gasteiger partial charge in [-0.2, -0.15) is 26.3 Å². The third kappa shape index (κ3) is 3.48. The van der Waals surface area contributed by atoms with Crippen LogP contribution >= 0.6 is 0 Å². The number of hydrogen-bond donors (Lipinski definition) is 2. The second-order valence-electron chi connectivity index (χ2n) is 6.02. The van der Waals surface area contributed by atoms with Gasteiger partial charge in [0.05, 0.1) is 18.2 Å². The van der Waals surface area contributed by atoms with Crippen molar-refractivity contribution in [2.75, 3.05) is 13.7 Å². The highest BCUT2D eigenvalue weighted by atomic mass is 19.4. The monoisotopic (exact) mass is 414 g/mol. The van der Waals surface area contributed by atoms with E-state index < -0.39 is 59.8 Å². The van der Waals surface area contributed by atoms with Gasteiger partial charge in [-0.25, -0.2) is 4.79 Å². The minimum absolute atomic E-state index is 0.179. The third-order valence-electron chi connectivity index (χ3n) is 4.42. The molecule has 6 nitrogen and oxygen atoms in total. The quantitative estimate of drug-likeness (QED) is 0.589. The van der Waals surface area contributed by atoms with E-state index in [1.807, 2.05) is 5.32 Å². The summed E-state index contributed by atoms with van der Waals surface area (Å²) < 4.78 is 85.8. The number of rotatable bonds is 3. The number of alkyl halides is 6. The highest BCUT2D eigenvalue weighted by Crippen LogP contribution is 2.48. The number of ether oxygens (including phenoxy) is 1. The molecule has 0 radical (unpaired) electrons. The zero-order chi connectivity index (χ0) is 21.5. The van der Waals surface area contributed by atoms with Crippen molar-refractivity contribution < 1.29 is 45.8 Å². The molecule has 28 heavy (non-hydrogen) atoms. The molecule has 0 aromatic heterocycles. The largest absolute Gasteiger partial charge is 0.466 e. The van der Waals surface area contributed by atoms with Gasteiger partial charge in [0.2, 0.25) is 0 Å². The minimum Gasteiger partial charge on any atom is -0.466 e. The van der Waals surface area contributed by atoms with Gasteiger partial charge in [-0.05, 0) is 18.6 Å². The molecule has 1 aromatic carbocycles. The molecular formula is C16H16F6N2O4. The molecule has 1 aromatic rings. The standard InChI is InChI=1S/C16H16F6N2O4/c1-3-28-12(25)10-11(8-6-4-5-7-9(8)15(17,18)19)23-13(26)24(2)14(10,27)16(20,21)22/h4-7,10-11,27H,3H2,1-2H3,(H,23,26)/t10-,11+,14+/m0/s1. The van der Waals surface area contributed by atoms with Crippen molar-refractivity contribution in [1.29, 1.82) is 0 Å². The number of carbonyl (C=O) groups is 2. The molecule has 3 atom stereocenters. The molecule has 0 spiro atoms. The van der Waals surface area contributed by atoms with Crippen molar-refractivity contribution in [3.8, 4) is 0 Å². The topological polar surface area (TPSA) is 78.9 Å². The van der Waals surface area contributed by atoms with Crippen LogP contribution in [0.5, 0.6) is 0 Å². The van der Waals surface area contributed by atoms with E-state index in [0.29, 0.717) is 13.1 Å². The third-order valence-corrected chi connectivity index (χ3v) is 4.42. The van der Waals surface area contributed by atoms with Crippen LogP contribution in [-0.2, 0) is 15.7 Å². The molecule has 0 unspecified atom stereocenters. The maximum Gasteiger partial charge on any atom is 0.437 e. The van der Waals surface area contributed by atoms with E-state index in [-0.39, 0.29) is 4.90 Å². The Morgan fingerprint density at radius 2 is 1.82 bits per heavy atom. The molecule has 1 aliphatic rings. The summed E-state index contributed by atoms with van der Waals surface area (Å²) in [5, 5.41) is 12.3. The molecule has 12 heteroatoms. The first-order valence-corrected chi connectivity index (χ1v) is 7.93. The van der Waals surface area contributed by atoms with E-state index in [0.717, 1.165) is 18.2 Å². The predicted octanol–water partition coefficient (Wildman–Crippen LogP) is 2.83. The first-order valence-electron chi connectivity index (χ1n) is 7.93. The summed E-state index contributed by atoms with van der Waals surface area (Å²) in [5.74, 6) is -4.23. The SMILES string of the molecule is CCOC(=O)[C@@H]1[C@@H](c2ccccc2C(F)(F)F)NC(=O)N(C)[C@]1(O)C(F)(F)F. The van der Waals surface area contributed by atoms with Crippen LogP contribution < -0.4 is 5.32 Å². The van der Waals surface area contributed by atoms with Crippen LogP contribution in [0, 0.1) is 5.92 Å². The van der Waals surface area contributed by atoms with Gasteiger partial charge < -0.3 is 15.2 Å². The molecular weight excluding hydrogens is 398 g/mol. The van der Waals surface area contributed by atoms with Crippen LogP contribution in [0.1, 0.15) is 24.1 Å². The zero-order valence-electron chi connectivity index (χ0n) is 14.6. The van der Waals surface area contributed by atoms with Gasteiger partial charge >= 0.3 is 24.4 Å². The van der Waals surface area contributed by atoms with Crippen molar-refractivity contribution in [2.24, 2.45) is 5.92 Å². The van der Waals surface area contributed by atoms with Crippen LogP contribution in [0.3, 0.4) is 0 Å².